The van der Waals surface area contributed by atoms with Crippen LogP contribution < -0.4 is 4.74 Å². The lowest BCUT2D eigenvalue weighted by Crippen LogP contribution is -2.05. The molecule has 2 nitrogen and oxygen atoms in total. The number of ether oxygens (including phenoxy) is 1. The molecule has 0 bridgehead atoms. The highest BCUT2D eigenvalue weighted by Crippen LogP contribution is 2.26. The number of aromatic nitrogens is 1. The van der Waals surface area contributed by atoms with E-state index >= 15 is 0 Å². The molecule has 0 aliphatic heterocycles. The maximum Gasteiger partial charge on any atom is 0.120 e. The second-order valence-corrected chi connectivity index (χ2v) is 6.14. The SMILES string of the molecule is CC(C)Oc1cccc(-c2ccc3cc(Br)ccc3n2)c1. The van der Waals surface area contributed by atoms with Gasteiger partial charge in [0.1, 0.15) is 5.75 Å². The summed E-state index contributed by atoms with van der Waals surface area (Å²) >= 11 is 3.48. The summed E-state index contributed by atoms with van der Waals surface area (Å²) < 4.78 is 6.81. The Bertz CT molecular complexity index is 783. The van der Waals surface area contributed by atoms with Crippen molar-refractivity contribution in [1.82, 2.24) is 4.98 Å². The molecule has 3 aromatic rings. The average molecular weight is 342 g/mol. The van der Waals surface area contributed by atoms with Crippen molar-refractivity contribution in [3.05, 3.63) is 59.1 Å². The fourth-order valence-electron chi connectivity index (χ4n) is 2.26. The van der Waals surface area contributed by atoms with Gasteiger partial charge in [0.05, 0.1) is 17.3 Å². The summed E-state index contributed by atoms with van der Waals surface area (Å²) in [6.07, 6.45) is 0.169. The molecular weight excluding hydrogens is 326 g/mol. The van der Waals surface area contributed by atoms with E-state index in [4.69, 9.17) is 9.72 Å². The summed E-state index contributed by atoms with van der Waals surface area (Å²) in [5.41, 5.74) is 3.02. The molecular formula is C18H16BrNO. The van der Waals surface area contributed by atoms with Crippen LogP contribution in [0.1, 0.15) is 13.8 Å². The van der Waals surface area contributed by atoms with E-state index in [9.17, 15) is 0 Å². The lowest BCUT2D eigenvalue weighted by molar-refractivity contribution is 0.242. The van der Waals surface area contributed by atoms with Gasteiger partial charge in [-0.2, -0.15) is 0 Å². The molecule has 0 amide bonds. The van der Waals surface area contributed by atoms with Crippen LogP contribution in [0, 0.1) is 0 Å². The molecule has 0 aliphatic carbocycles. The van der Waals surface area contributed by atoms with Crippen LogP contribution in [-0.4, -0.2) is 11.1 Å². The van der Waals surface area contributed by atoms with Gasteiger partial charge in [0.15, 0.2) is 0 Å². The van der Waals surface area contributed by atoms with Crippen molar-refractivity contribution in [2.45, 2.75) is 20.0 Å². The number of hydrogen-bond donors (Lipinski definition) is 0. The van der Waals surface area contributed by atoms with E-state index in [-0.39, 0.29) is 6.10 Å². The van der Waals surface area contributed by atoms with E-state index in [1.54, 1.807) is 0 Å². The Labute approximate surface area is 132 Å². The quantitative estimate of drug-likeness (QED) is 0.631. The van der Waals surface area contributed by atoms with E-state index in [0.29, 0.717) is 0 Å². The number of pyridine rings is 1. The van der Waals surface area contributed by atoms with E-state index in [0.717, 1.165) is 32.4 Å². The molecule has 3 rings (SSSR count). The van der Waals surface area contributed by atoms with Gasteiger partial charge >= 0.3 is 0 Å². The van der Waals surface area contributed by atoms with E-state index < -0.39 is 0 Å². The molecule has 0 radical (unpaired) electrons. The summed E-state index contributed by atoms with van der Waals surface area (Å²) in [6.45, 7) is 4.05. The fourth-order valence-corrected chi connectivity index (χ4v) is 2.64. The van der Waals surface area contributed by atoms with E-state index in [2.05, 4.69) is 34.1 Å². The first kappa shape index (κ1) is 14.1. The highest BCUT2D eigenvalue weighted by molar-refractivity contribution is 9.10. The number of benzene rings is 2. The Kier molecular flexibility index (Phi) is 3.93. The largest absolute Gasteiger partial charge is 0.491 e. The molecule has 0 saturated carbocycles. The lowest BCUT2D eigenvalue weighted by atomic mass is 10.1. The van der Waals surface area contributed by atoms with Crippen LogP contribution in [0.2, 0.25) is 0 Å². The normalized spacial score (nSPS) is 11.0. The van der Waals surface area contributed by atoms with Crippen LogP contribution in [0.25, 0.3) is 22.2 Å². The molecule has 1 aromatic heterocycles. The Morgan fingerprint density at radius 3 is 2.67 bits per heavy atom. The molecule has 0 spiro atoms. The first-order valence-corrected chi connectivity index (χ1v) is 7.74. The minimum atomic E-state index is 0.169. The molecule has 0 saturated heterocycles. The van der Waals surface area contributed by atoms with Crippen molar-refractivity contribution in [2.75, 3.05) is 0 Å². The second-order valence-electron chi connectivity index (χ2n) is 5.23. The number of rotatable bonds is 3. The predicted octanol–water partition coefficient (Wildman–Crippen LogP) is 5.45. The number of fused-ring (bicyclic) bond motifs is 1. The van der Waals surface area contributed by atoms with Gasteiger partial charge in [-0.15, -0.1) is 0 Å². The van der Waals surface area contributed by atoms with Gasteiger partial charge in [0, 0.05) is 15.4 Å². The minimum absolute atomic E-state index is 0.169. The third-order valence-corrected chi connectivity index (χ3v) is 3.65. The molecule has 106 valence electrons. The maximum absolute atomic E-state index is 5.75. The molecule has 2 aromatic carbocycles. The Hall–Kier alpha value is -1.87. The number of hydrogen-bond acceptors (Lipinski definition) is 2. The van der Waals surface area contributed by atoms with Crippen molar-refractivity contribution in [3.8, 4) is 17.0 Å². The fraction of sp³-hybridized carbons (Fsp3) is 0.167. The average Bonchev–Trinajstić information content (AvgIpc) is 2.46. The molecule has 0 unspecified atom stereocenters. The molecule has 21 heavy (non-hydrogen) atoms. The van der Waals surface area contributed by atoms with Crippen LogP contribution in [0.3, 0.4) is 0 Å². The second kappa shape index (κ2) is 5.86. The van der Waals surface area contributed by atoms with Crippen molar-refractivity contribution in [1.29, 1.82) is 0 Å². The van der Waals surface area contributed by atoms with Crippen LogP contribution in [0.4, 0.5) is 0 Å². The van der Waals surface area contributed by atoms with Gasteiger partial charge < -0.3 is 4.74 Å². The predicted molar refractivity (Wildman–Crippen MR) is 90.6 cm³/mol. The Balaban J connectivity index is 2.01. The molecule has 0 N–H and O–H groups in total. The third-order valence-electron chi connectivity index (χ3n) is 3.15. The first-order chi connectivity index (χ1) is 10.1. The third kappa shape index (κ3) is 3.24. The molecule has 3 heteroatoms. The topological polar surface area (TPSA) is 22.1 Å². The molecule has 0 atom stereocenters. The standard InChI is InChI=1S/C18H16BrNO/c1-12(2)21-16-5-3-4-13(11-16)17-8-6-14-10-15(19)7-9-18(14)20-17/h3-12H,1-2H3. The summed E-state index contributed by atoms with van der Waals surface area (Å²) in [7, 11) is 0. The summed E-state index contributed by atoms with van der Waals surface area (Å²) in [6, 6.07) is 18.3. The zero-order valence-corrected chi connectivity index (χ0v) is 13.6. The smallest absolute Gasteiger partial charge is 0.120 e. The van der Waals surface area contributed by atoms with Gasteiger partial charge in [-0.05, 0) is 50.2 Å². The highest BCUT2D eigenvalue weighted by atomic mass is 79.9. The molecule has 0 fully saturated rings. The Morgan fingerprint density at radius 1 is 1.00 bits per heavy atom. The van der Waals surface area contributed by atoms with Crippen molar-refractivity contribution < 1.29 is 4.74 Å². The van der Waals surface area contributed by atoms with Crippen molar-refractivity contribution in [2.24, 2.45) is 0 Å². The maximum atomic E-state index is 5.75. The van der Waals surface area contributed by atoms with Crippen molar-refractivity contribution >= 4 is 26.8 Å². The summed E-state index contributed by atoms with van der Waals surface area (Å²) in [5.74, 6) is 0.875. The zero-order valence-electron chi connectivity index (χ0n) is 12.0. The van der Waals surface area contributed by atoms with Crippen LogP contribution in [0.5, 0.6) is 5.75 Å². The number of nitrogens with zero attached hydrogens (tertiary/aromatic N) is 1. The monoisotopic (exact) mass is 341 g/mol. The van der Waals surface area contributed by atoms with Gasteiger partial charge in [0.25, 0.3) is 0 Å². The lowest BCUT2D eigenvalue weighted by Gasteiger charge is -2.11. The van der Waals surface area contributed by atoms with Gasteiger partial charge in [-0.1, -0.05) is 34.1 Å². The zero-order chi connectivity index (χ0) is 14.8. The van der Waals surface area contributed by atoms with Crippen molar-refractivity contribution in [3.63, 3.8) is 0 Å². The number of halogens is 1. The van der Waals surface area contributed by atoms with Crippen LogP contribution in [0.15, 0.2) is 59.1 Å². The Morgan fingerprint density at radius 2 is 1.86 bits per heavy atom. The van der Waals surface area contributed by atoms with E-state index in [1.807, 2.05) is 50.2 Å². The first-order valence-electron chi connectivity index (χ1n) is 6.95. The van der Waals surface area contributed by atoms with Crippen LogP contribution in [-0.2, 0) is 0 Å². The van der Waals surface area contributed by atoms with Gasteiger partial charge in [-0.3, -0.25) is 0 Å². The summed E-state index contributed by atoms with van der Waals surface area (Å²) in [4.78, 5) is 4.73. The van der Waals surface area contributed by atoms with Gasteiger partial charge in [-0.25, -0.2) is 4.98 Å². The van der Waals surface area contributed by atoms with Crippen LogP contribution >= 0.6 is 15.9 Å². The minimum Gasteiger partial charge on any atom is -0.491 e. The van der Waals surface area contributed by atoms with Gasteiger partial charge in [0.2, 0.25) is 0 Å². The molecule has 1 heterocycles. The summed E-state index contributed by atoms with van der Waals surface area (Å²) in [5, 5.41) is 1.13. The molecule has 0 aliphatic rings. The van der Waals surface area contributed by atoms with E-state index in [1.165, 1.54) is 0 Å². The highest BCUT2D eigenvalue weighted by Gasteiger charge is 2.04.